The highest BCUT2D eigenvalue weighted by Crippen LogP contribution is 2.19. The largest absolute Gasteiger partial charge is 0.388 e. The minimum atomic E-state index is -0.867. The van der Waals surface area contributed by atoms with Gasteiger partial charge in [0.2, 0.25) is 5.91 Å². The lowest BCUT2D eigenvalue weighted by molar-refractivity contribution is -0.123. The van der Waals surface area contributed by atoms with E-state index in [0.29, 0.717) is 31.6 Å². The molecule has 1 aromatic rings. The monoisotopic (exact) mass is 312 g/mol. The molecule has 0 radical (unpaired) electrons. The van der Waals surface area contributed by atoms with E-state index in [1.807, 2.05) is 5.38 Å². The normalized spacial score (nSPS) is 17.2. The van der Waals surface area contributed by atoms with Crippen LogP contribution in [0.2, 0.25) is 0 Å². The highest BCUT2D eigenvalue weighted by molar-refractivity contribution is 7.08. The summed E-state index contributed by atoms with van der Waals surface area (Å²) in [5, 5.41) is 19.2. The molecule has 2 rings (SSSR count). The van der Waals surface area contributed by atoms with E-state index >= 15 is 0 Å². The topological polar surface area (TPSA) is 87.7 Å². The first-order valence-corrected chi connectivity index (χ1v) is 7.91. The summed E-state index contributed by atoms with van der Waals surface area (Å²) in [6.07, 6.45) is 1.26. The first-order valence-electron chi connectivity index (χ1n) is 6.96. The molecular weight excluding hydrogens is 292 g/mol. The summed E-state index contributed by atoms with van der Waals surface area (Å²) in [4.78, 5) is 23.3. The Bertz CT molecular complexity index is 469. The van der Waals surface area contributed by atoms with Crippen molar-refractivity contribution >= 4 is 23.2 Å². The Morgan fingerprint density at radius 2 is 2.10 bits per heavy atom. The third kappa shape index (κ3) is 5.11. The number of nitrogens with one attached hydrogen (secondary N) is 2. The molecular formula is C14H20N2O4S. The molecule has 0 saturated carbocycles. The van der Waals surface area contributed by atoms with E-state index < -0.39 is 5.60 Å². The van der Waals surface area contributed by atoms with Gasteiger partial charge in [-0.15, -0.1) is 0 Å². The molecule has 1 aliphatic heterocycles. The molecule has 3 N–H and O–H groups in total. The summed E-state index contributed by atoms with van der Waals surface area (Å²) in [5.41, 5.74) is -0.259. The molecule has 1 aromatic heterocycles. The van der Waals surface area contributed by atoms with Gasteiger partial charge >= 0.3 is 0 Å². The van der Waals surface area contributed by atoms with Gasteiger partial charge in [0.25, 0.3) is 5.91 Å². The van der Waals surface area contributed by atoms with Crippen molar-refractivity contribution in [2.75, 3.05) is 26.3 Å². The lowest BCUT2D eigenvalue weighted by Crippen LogP contribution is -2.47. The molecule has 0 aromatic carbocycles. The molecule has 0 bridgehead atoms. The molecule has 21 heavy (non-hydrogen) atoms. The summed E-state index contributed by atoms with van der Waals surface area (Å²) in [6, 6.07) is 1.74. The number of thiophene rings is 1. The fourth-order valence-corrected chi connectivity index (χ4v) is 2.70. The van der Waals surface area contributed by atoms with Crippen molar-refractivity contribution in [3.05, 3.63) is 22.4 Å². The van der Waals surface area contributed by atoms with Crippen molar-refractivity contribution in [2.45, 2.75) is 24.9 Å². The van der Waals surface area contributed by atoms with Gasteiger partial charge in [-0.25, -0.2) is 0 Å². The Hall–Kier alpha value is -1.44. The van der Waals surface area contributed by atoms with Gasteiger partial charge in [-0.3, -0.25) is 9.59 Å². The lowest BCUT2D eigenvalue weighted by atomic mass is 9.94. The number of rotatable bonds is 6. The third-order valence-electron chi connectivity index (χ3n) is 3.46. The number of hydrogen-bond acceptors (Lipinski definition) is 5. The number of aliphatic hydroxyl groups is 1. The van der Waals surface area contributed by atoms with Gasteiger partial charge in [0.05, 0.1) is 5.60 Å². The SMILES string of the molecule is O=C(CCNC(=O)c1ccsc1)NCC1(O)CCOCC1. The fraction of sp³-hybridized carbons (Fsp3) is 0.571. The van der Waals surface area contributed by atoms with Crippen LogP contribution < -0.4 is 10.6 Å². The smallest absolute Gasteiger partial charge is 0.252 e. The summed E-state index contributed by atoms with van der Waals surface area (Å²) in [5.74, 6) is -0.354. The highest BCUT2D eigenvalue weighted by atomic mass is 32.1. The Balaban J connectivity index is 1.62. The predicted octanol–water partition coefficient (Wildman–Crippen LogP) is 0.526. The number of ether oxygens (including phenoxy) is 1. The van der Waals surface area contributed by atoms with Crippen molar-refractivity contribution in [3.63, 3.8) is 0 Å². The summed E-state index contributed by atoms with van der Waals surface area (Å²) in [7, 11) is 0. The van der Waals surface area contributed by atoms with Crippen LogP contribution in [0.25, 0.3) is 0 Å². The molecule has 0 atom stereocenters. The number of carbonyl (C=O) groups excluding carboxylic acids is 2. The molecule has 1 saturated heterocycles. The van der Waals surface area contributed by atoms with E-state index in [9.17, 15) is 14.7 Å². The van der Waals surface area contributed by atoms with Crippen LogP contribution in [0.15, 0.2) is 16.8 Å². The molecule has 1 fully saturated rings. The first kappa shape index (κ1) is 15.9. The summed E-state index contributed by atoms with van der Waals surface area (Å²) in [6.45, 7) is 1.54. The van der Waals surface area contributed by atoms with Crippen LogP contribution in [0.4, 0.5) is 0 Å². The van der Waals surface area contributed by atoms with Crippen molar-refractivity contribution in [1.82, 2.24) is 10.6 Å². The molecule has 0 aliphatic carbocycles. The van der Waals surface area contributed by atoms with Crippen LogP contribution in [0.3, 0.4) is 0 Å². The molecule has 7 heteroatoms. The zero-order chi connectivity index (χ0) is 15.1. The maximum Gasteiger partial charge on any atom is 0.252 e. The van der Waals surface area contributed by atoms with E-state index in [4.69, 9.17) is 4.74 Å². The Morgan fingerprint density at radius 3 is 2.76 bits per heavy atom. The molecule has 2 heterocycles. The molecule has 6 nitrogen and oxygen atoms in total. The quantitative estimate of drug-likeness (QED) is 0.715. The molecule has 0 spiro atoms. The standard InChI is InChI=1S/C14H20N2O4S/c17-12(16-10-14(19)3-6-20-7-4-14)1-5-15-13(18)11-2-8-21-9-11/h2,8-9,19H,1,3-7,10H2,(H,15,18)(H,16,17). The average Bonchev–Trinajstić information content (AvgIpc) is 3.00. The molecule has 2 amide bonds. The minimum absolute atomic E-state index is 0.174. The van der Waals surface area contributed by atoms with E-state index in [1.54, 1.807) is 11.4 Å². The second kappa shape index (κ2) is 7.53. The van der Waals surface area contributed by atoms with E-state index in [0.717, 1.165) is 0 Å². The summed E-state index contributed by atoms with van der Waals surface area (Å²) < 4.78 is 5.18. The Morgan fingerprint density at radius 1 is 1.33 bits per heavy atom. The predicted molar refractivity (Wildman–Crippen MR) is 79.3 cm³/mol. The second-order valence-corrected chi connectivity index (χ2v) is 5.91. The Labute approximate surface area is 127 Å². The van der Waals surface area contributed by atoms with E-state index in [2.05, 4.69) is 10.6 Å². The lowest BCUT2D eigenvalue weighted by Gasteiger charge is -2.32. The number of hydrogen-bond donors (Lipinski definition) is 3. The van der Waals surface area contributed by atoms with Crippen LogP contribution in [-0.2, 0) is 9.53 Å². The van der Waals surface area contributed by atoms with Crippen molar-refractivity contribution in [3.8, 4) is 0 Å². The third-order valence-corrected chi connectivity index (χ3v) is 4.14. The van der Waals surface area contributed by atoms with Gasteiger partial charge in [0, 0.05) is 56.5 Å². The molecule has 1 aliphatic rings. The van der Waals surface area contributed by atoms with Gasteiger partial charge in [-0.2, -0.15) is 11.3 Å². The average molecular weight is 312 g/mol. The van der Waals surface area contributed by atoms with E-state index in [-0.39, 0.29) is 31.3 Å². The Kier molecular flexibility index (Phi) is 5.72. The number of amides is 2. The maximum absolute atomic E-state index is 11.7. The van der Waals surface area contributed by atoms with E-state index in [1.165, 1.54) is 11.3 Å². The van der Waals surface area contributed by atoms with Crippen LogP contribution in [0.1, 0.15) is 29.6 Å². The number of carbonyl (C=O) groups is 2. The van der Waals surface area contributed by atoms with Gasteiger partial charge < -0.3 is 20.5 Å². The first-order chi connectivity index (χ1) is 10.1. The van der Waals surface area contributed by atoms with Crippen LogP contribution in [0.5, 0.6) is 0 Å². The molecule has 0 unspecified atom stereocenters. The van der Waals surface area contributed by atoms with Gasteiger partial charge in [0.15, 0.2) is 0 Å². The zero-order valence-electron chi connectivity index (χ0n) is 11.8. The maximum atomic E-state index is 11.7. The van der Waals surface area contributed by atoms with Crippen molar-refractivity contribution in [2.24, 2.45) is 0 Å². The van der Waals surface area contributed by atoms with Gasteiger partial charge in [0.1, 0.15) is 0 Å². The minimum Gasteiger partial charge on any atom is -0.388 e. The second-order valence-electron chi connectivity index (χ2n) is 5.13. The van der Waals surface area contributed by atoms with Crippen LogP contribution in [0, 0.1) is 0 Å². The fourth-order valence-electron chi connectivity index (χ4n) is 2.06. The molecule has 116 valence electrons. The van der Waals surface area contributed by atoms with Crippen molar-refractivity contribution in [1.29, 1.82) is 0 Å². The van der Waals surface area contributed by atoms with Crippen LogP contribution in [-0.4, -0.2) is 48.8 Å². The summed E-state index contributed by atoms with van der Waals surface area (Å²) >= 11 is 1.45. The zero-order valence-corrected chi connectivity index (χ0v) is 12.6. The van der Waals surface area contributed by atoms with Crippen molar-refractivity contribution < 1.29 is 19.4 Å². The van der Waals surface area contributed by atoms with Gasteiger partial charge in [-0.05, 0) is 11.4 Å². The van der Waals surface area contributed by atoms with Crippen LogP contribution >= 0.6 is 11.3 Å². The highest BCUT2D eigenvalue weighted by Gasteiger charge is 2.29. The van der Waals surface area contributed by atoms with Gasteiger partial charge in [-0.1, -0.05) is 0 Å².